The lowest BCUT2D eigenvalue weighted by Crippen LogP contribution is -2.25. The monoisotopic (exact) mass is 447 g/mol. The van der Waals surface area contributed by atoms with Crippen molar-refractivity contribution in [3.8, 4) is 22.0 Å². The summed E-state index contributed by atoms with van der Waals surface area (Å²) in [5, 5.41) is 6.26. The molecular formula is C27H33N3OS. The molecule has 1 aliphatic carbocycles. The maximum atomic E-state index is 13.1. The van der Waals surface area contributed by atoms with Gasteiger partial charge in [0.15, 0.2) is 0 Å². The molecule has 0 bridgehead atoms. The molecule has 2 aromatic heterocycles. The van der Waals surface area contributed by atoms with Crippen LogP contribution in [0, 0.1) is 12.8 Å². The number of carbonyl (C=O) groups excluding carboxylic acids is 1. The van der Waals surface area contributed by atoms with E-state index < -0.39 is 0 Å². The van der Waals surface area contributed by atoms with Crippen LogP contribution in [0.5, 0.6) is 0 Å². The number of allylic oxidation sites excluding steroid dienone is 1. The van der Waals surface area contributed by atoms with E-state index in [2.05, 4.69) is 54.2 Å². The highest BCUT2D eigenvalue weighted by Gasteiger charge is 2.21. The molecule has 1 aliphatic rings. The summed E-state index contributed by atoms with van der Waals surface area (Å²) >= 11 is 1.65. The number of rotatable bonds is 8. The summed E-state index contributed by atoms with van der Waals surface area (Å²) in [6, 6.07) is 12.3. The number of nitrogens with zero attached hydrogens (tertiary/aromatic N) is 2. The summed E-state index contributed by atoms with van der Waals surface area (Å²) in [5.41, 5.74) is 6.34. The first-order chi connectivity index (χ1) is 15.5. The minimum Gasteiger partial charge on any atom is -0.352 e. The second-order valence-electron chi connectivity index (χ2n) is 9.05. The van der Waals surface area contributed by atoms with Crippen LogP contribution >= 0.6 is 11.3 Å². The minimum absolute atomic E-state index is 0.0150. The molecule has 4 nitrogen and oxygen atoms in total. The Bertz CT molecular complexity index is 1090. The normalized spacial score (nSPS) is 13.9. The molecule has 0 saturated heterocycles. The number of benzene rings is 1. The van der Waals surface area contributed by atoms with Crippen LogP contribution in [0.2, 0.25) is 0 Å². The van der Waals surface area contributed by atoms with E-state index in [-0.39, 0.29) is 5.91 Å². The smallest absolute Gasteiger partial charge is 0.253 e. The number of hydrogen-bond donors (Lipinski definition) is 1. The van der Waals surface area contributed by atoms with Crippen molar-refractivity contribution in [3.05, 3.63) is 64.7 Å². The molecule has 0 radical (unpaired) electrons. The molecule has 0 spiro atoms. The third-order valence-corrected chi connectivity index (χ3v) is 6.95. The topological polar surface area (TPSA) is 46.9 Å². The van der Waals surface area contributed by atoms with Crippen LogP contribution in [0.1, 0.15) is 62.0 Å². The Hall–Kier alpha value is -2.66. The second kappa shape index (κ2) is 10.3. The lowest BCUT2D eigenvalue weighted by Gasteiger charge is -2.14. The first-order valence-electron chi connectivity index (χ1n) is 11.7. The van der Waals surface area contributed by atoms with Gasteiger partial charge in [-0.05, 0) is 51.0 Å². The molecule has 1 N–H and O–H groups in total. The molecule has 32 heavy (non-hydrogen) atoms. The summed E-state index contributed by atoms with van der Waals surface area (Å²) in [6.45, 7) is 8.02. The van der Waals surface area contributed by atoms with Crippen LogP contribution in [0.4, 0.5) is 0 Å². The van der Waals surface area contributed by atoms with Crippen molar-refractivity contribution in [2.45, 2.75) is 59.4 Å². The van der Waals surface area contributed by atoms with E-state index in [1.165, 1.54) is 31.3 Å². The molecule has 0 atom stereocenters. The molecule has 1 aromatic carbocycles. The Morgan fingerprint density at radius 2 is 2.03 bits per heavy atom. The van der Waals surface area contributed by atoms with Crippen molar-refractivity contribution in [2.75, 3.05) is 6.54 Å². The zero-order valence-electron chi connectivity index (χ0n) is 19.4. The predicted molar refractivity (Wildman–Crippen MR) is 134 cm³/mol. The molecule has 2 heterocycles. The van der Waals surface area contributed by atoms with E-state index in [4.69, 9.17) is 4.98 Å². The first-order valence-corrected chi connectivity index (χ1v) is 12.6. The largest absolute Gasteiger partial charge is 0.352 e. The zero-order valence-corrected chi connectivity index (χ0v) is 20.2. The molecule has 0 fully saturated rings. The van der Waals surface area contributed by atoms with E-state index in [1.54, 1.807) is 11.3 Å². The minimum atomic E-state index is 0.0150. The van der Waals surface area contributed by atoms with Crippen LogP contribution in [0.25, 0.3) is 22.0 Å². The van der Waals surface area contributed by atoms with Gasteiger partial charge in [0.2, 0.25) is 0 Å². The van der Waals surface area contributed by atoms with Crippen LogP contribution in [0.15, 0.2) is 53.4 Å². The zero-order chi connectivity index (χ0) is 22.5. The average Bonchev–Trinajstić information content (AvgIpc) is 3.40. The van der Waals surface area contributed by atoms with Gasteiger partial charge >= 0.3 is 0 Å². The molecule has 3 aromatic rings. The highest BCUT2D eigenvalue weighted by Crippen LogP contribution is 2.32. The number of carbonyl (C=O) groups is 1. The quantitative estimate of drug-likeness (QED) is 0.383. The van der Waals surface area contributed by atoms with E-state index in [0.717, 1.165) is 46.2 Å². The van der Waals surface area contributed by atoms with Crippen molar-refractivity contribution in [1.82, 2.24) is 14.9 Å². The van der Waals surface area contributed by atoms with Gasteiger partial charge in [-0.1, -0.05) is 55.8 Å². The third-order valence-electron chi connectivity index (χ3n) is 6.06. The van der Waals surface area contributed by atoms with E-state index in [0.29, 0.717) is 12.5 Å². The summed E-state index contributed by atoms with van der Waals surface area (Å²) in [7, 11) is 0. The fraction of sp³-hybridized carbons (Fsp3) is 0.407. The molecule has 0 unspecified atom stereocenters. The number of aromatic nitrogens is 2. The van der Waals surface area contributed by atoms with E-state index in [9.17, 15) is 4.79 Å². The van der Waals surface area contributed by atoms with Crippen LogP contribution in [0.3, 0.4) is 0 Å². The van der Waals surface area contributed by atoms with Gasteiger partial charge in [-0.3, -0.25) is 4.79 Å². The standard InChI is InChI=1S/C27H33N3OS/c1-19(2)17-30-20(3)23(26(31)28-15-14-21-10-6-4-7-11-21)16-25(30)24-18-32-27(29-24)22-12-8-5-9-13-22/h5,8-10,12-13,16,18-19H,4,6-7,11,14-15,17H2,1-3H3,(H,28,31). The van der Waals surface area contributed by atoms with Gasteiger partial charge in [-0.25, -0.2) is 4.98 Å². The lowest BCUT2D eigenvalue weighted by atomic mass is 9.97. The van der Waals surface area contributed by atoms with Gasteiger partial charge in [-0.15, -0.1) is 11.3 Å². The van der Waals surface area contributed by atoms with Gasteiger partial charge in [0.25, 0.3) is 5.91 Å². The van der Waals surface area contributed by atoms with Gasteiger partial charge in [0.1, 0.15) is 5.01 Å². The third kappa shape index (κ3) is 5.21. The molecule has 1 amide bonds. The van der Waals surface area contributed by atoms with E-state index >= 15 is 0 Å². The maximum absolute atomic E-state index is 13.1. The van der Waals surface area contributed by atoms with Gasteiger partial charge < -0.3 is 9.88 Å². The van der Waals surface area contributed by atoms with Gasteiger partial charge in [-0.2, -0.15) is 0 Å². The van der Waals surface area contributed by atoms with Crippen molar-refractivity contribution < 1.29 is 4.79 Å². The summed E-state index contributed by atoms with van der Waals surface area (Å²) in [5.74, 6) is 0.488. The molecular weight excluding hydrogens is 414 g/mol. The summed E-state index contributed by atoms with van der Waals surface area (Å²) < 4.78 is 2.26. The second-order valence-corrected chi connectivity index (χ2v) is 9.91. The average molecular weight is 448 g/mol. The number of nitrogens with one attached hydrogen (secondary N) is 1. The number of thiazole rings is 1. The van der Waals surface area contributed by atoms with Gasteiger partial charge in [0.05, 0.1) is 17.0 Å². The van der Waals surface area contributed by atoms with Crippen molar-refractivity contribution >= 4 is 17.2 Å². The Labute approximate surface area is 195 Å². The molecule has 4 rings (SSSR count). The van der Waals surface area contributed by atoms with Crippen molar-refractivity contribution in [2.24, 2.45) is 5.92 Å². The Morgan fingerprint density at radius 3 is 2.75 bits per heavy atom. The van der Waals surface area contributed by atoms with Crippen LogP contribution in [-0.2, 0) is 6.54 Å². The molecule has 0 aliphatic heterocycles. The van der Waals surface area contributed by atoms with Crippen LogP contribution < -0.4 is 5.32 Å². The SMILES string of the molecule is Cc1c(C(=O)NCCC2=CCCCC2)cc(-c2csc(-c3ccccc3)n2)n1CC(C)C. The summed E-state index contributed by atoms with van der Waals surface area (Å²) in [4.78, 5) is 18.0. The lowest BCUT2D eigenvalue weighted by molar-refractivity contribution is 0.0953. The van der Waals surface area contributed by atoms with Crippen LogP contribution in [-0.4, -0.2) is 22.0 Å². The number of amides is 1. The van der Waals surface area contributed by atoms with Crippen molar-refractivity contribution in [3.63, 3.8) is 0 Å². The Kier molecular flexibility index (Phi) is 7.26. The number of hydrogen-bond acceptors (Lipinski definition) is 3. The predicted octanol–water partition coefficient (Wildman–Crippen LogP) is 6.86. The highest BCUT2D eigenvalue weighted by molar-refractivity contribution is 7.13. The van der Waals surface area contributed by atoms with Crippen molar-refractivity contribution in [1.29, 1.82) is 0 Å². The fourth-order valence-electron chi connectivity index (χ4n) is 4.36. The Balaban J connectivity index is 1.56. The highest BCUT2D eigenvalue weighted by atomic mass is 32.1. The summed E-state index contributed by atoms with van der Waals surface area (Å²) in [6.07, 6.45) is 8.24. The maximum Gasteiger partial charge on any atom is 0.253 e. The first kappa shape index (κ1) is 22.5. The van der Waals surface area contributed by atoms with Gasteiger partial charge in [0, 0.05) is 29.7 Å². The Morgan fingerprint density at radius 1 is 1.22 bits per heavy atom. The molecule has 5 heteroatoms. The molecule has 0 saturated carbocycles. The fourth-order valence-corrected chi connectivity index (χ4v) is 5.18. The molecule has 168 valence electrons. The van der Waals surface area contributed by atoms with E-state index in [1.807, 2.05) is 24.3 Å².